The van der Waals surface area contributed by atoms with E-state index in [0.29, 0.717) is 0 Å². The molecule has 7 heteroatoms. The molecule has 2 aliphatic rings. The Hall–Kier alpha value is -2.44. The number of carbonyl (C=O) groups excluding carboxylic acids is 4. The summed E-state index contributed by atoms with van der Waals surface area (Å²) in [5.74, 6) is -1.60. The van der Waals surface area contributed by atoms with Gasteiger partial charge in [0.2, 0.25) is 0 Å². The molecule has 0 aromatic heterocycles. The van der Waals surface area contributed by atoms with E-state index < -0.39 is 11.8 Å². The number of nitrogens with two attached hydrogens (primary N) is 1. The summed E-state index contributed by atoms with van der Waals surface area (Å²) in [6.07, 6.45) is 3.45. The van der Waals surface area contributed by atoms with Crippen molar-refractivity contribution in [2.24, 2.45) is 5.73 Å². The Kier molecular flexibility index (Phi) is 2.97. The number of amides is 4. The van der Waals surface area contributed by atoms with Crippen molar-refractivity contribution in [3.8, 4) is 0 Å². The summed E-state index contributed by atoms with van der Waals surface area (Å²) in [5, 5.41) is 4.00. The third-order valence-corrected chi connectivity index (χ3v) is 1.42. The molecule has 78 valence electrons. The zero-order valence-corrected chi connectivity index (χ0v) is 7.44. The van der Waals surface area contributed by atoms with Crippen LogP contribution >= 0.6 is 0 Å². The Bertz CT molecular complexity index is 392. The van der Waals surface area contributed by atoms with Crippen LogP contribution in [0.15, 0.2) is 23.9 Å². The minimum Gasteiger partial charge on any atom is -0.394 e. The molecule has 0 spiro atoms. The summed E-state index contributed by atoms with van der Waals surface area (Å²) in [6, 6.07) is 0. The number of hydrogen-bond acceptors (Lipinski definition) is 5. The van der Waals surface area contributed by atoms with Gasteiger partial charge in [0.25, 0.3) is 23.6 Å². The van der Waals surface area contributed by atoms with Gasteiger partial charge in [-0.1, -0.05) is 0 Å². The summed E-state index contributed by atoms with van der Waals surface area (Å²) in [7, 11) is 0. The van der Waals surface area contributed by atoms with Gasteiger partial charge in [-0.2, -0.15) is 0 Å². The van der Waals surface area contributed by atoms with Gasteiger partial charge in [0.05, 0.1) is 0 Å². The molecule has 0 radical (unpaired) electrons. The van der Waals surface area contributed by atoms with Gasteiger partial charge < -0.3 is 5.73 Å². The fraction of sp³-hybridized carbons (Fsp3) is 0. The average molecular weight is 209 g/mol. The summed E-state index contributed by atoms with van der Waals surface area (Å²) in [5.41, 5.74) is 4.98. The normalized spacial score (nSPS) is 18.0. The topological polar surface area (TPSA) is 118 Å². The first-order valence-electron chi connectivity index (χ1n) is 3.84. The lowest BCUT2D eigenvalue weighted by Crippen LogP contribution is -2.24. The lowest BCUT2D eigenvalue weighted by molar-refractivity contribution is -0.125. The lowest BCUT2D eigenvalue weighted by Gasteiger charge is -1.84. The molecule has 7 nitrogen and oxygen atoms in total. The van der Waals surface area contributed by atoms with Gasteiger partial charge in [0.15, 0.2) is 0 Å². The molecule has 0 aromatic carbocycles. The highest BCUT2D eigenvalue weighted by Gasteiger charge is 2.16. The summed E-state index contributed by atoms with van der Waals surface area (Å²) >= 11 is 0. The lowest BCUT2D eigenvalue weighted by atomic mass is 10.5. The fourth-order valence-corrected chi connectivity index (χ4v) is 0.783. The third-order valence-electron chi connectivity index (χ3n) is 1.42. The van der Waals surface area contributed by atoms with Crippen molar-refractivity contribution >= 4 is 23.6 Å². The molecule has 0 aliphatic carbocycles. The van der Waals surface area contributed by atoms with E-state index in [4.69, 9.17) is 5.73 Å². The first kappa shape index (κ1) is 10.6. The number of nitrogens with one attached hydrogen (secondary N) is 2. The fourth-order valence-electron chi connectivity index (χ4n) is 0.783. The van der Waals surface area contributed by atoms with Gasteiger partial charge in [-0.3, -0.25) is 29.8 Å². The van der Waals surface area contributed by atoms with Crippen LogP contribution in [0, 0.1) is 0 Å². The molecular formula is C8H7N3O4. The van der Waals surface area contributed by atoms with Crippen molar-refractivity contribution in [2.45, 2.75) is 0 Å². The van der Waals surface area contributed by atoms with Crippen LogP contribution in [0.2, 0.25) is 0 Å². The van der Waals surface area contributed by atoms with E-state index in [1.165, 1.54) is 12.2 Å². The maximum Gasteiger partial charge on any atom is 0.274 e. The molecule has 0 saturated carbocycles. The van der Waals surface area contributed by atoms with Gasteiger partial charge in [-0.05, 0) is 0 Å². The Morgan fingerprint density at radius 1 is 0.867 bits per heavy atom. The number of rotatable bonds is 0. The van der Waals surface area contributed by atoms with E-state index in [-0.39, 0.29) is 17.5 Å². The average Bonchev–Trinajstić information content (AvgIpc) is 2.61. The second-order valence-corrected chi connectivity index (χ2v) is 2.60. The SMILES string of the molecule is NC1=CC(=O)NC1=O.O=C1C=CC(=O)N1. The minimum absolute atomic E-state index is 0.0185. The monoisotopic (exact) mass is 209 g/mol. The van der Waals surface area contributed by atoms with Crippen LogP contribution in [0.5, 0.6) is 0 Å². The smallest absolute Gasteiger partial charge is 0.274 e. The number of imide groups is 2. The van der Waals surface area contributed by atoms with Crippen molar-refractivity contribution in [3.05, 3.63) is 23.9 Å². The highest BCUT2D eigenvalue weighted by Crippen LogP contribution is 1.91. The molecule has 4 amide bonds. The molecule has 4 N–H and O–H groups in total. The van der Waals surface area contributed by atoms with E-state index in [1.807, 2.05) is 10.6 Å². The highest BCUT2D eigenvalue weighted by molar-refractivity contribution is 6.15. The van der Waals surface area contributed by atoms with Gasteiger partial charge in [-0.15, -0.1) is 0 Å². The van der Waals surface area contributed by atoms with Crippen LogP contribution in [-0.4, -0.2) is 23.6 Å². The standard InChI is InChI=1S/C4H4N2O2.C4H3NO2/c5-2-1-3(7)6-4(2)8;6-3-1-2-4(7)5-3/h1H,(H3,5,6,7,8);1-2H,(H,5,6,7). The Labute approximate surface area is 84.0 Å². The molecule has 2 rings (SSSR count). The molecule has 2 aliphatic heterocycles. The van der Waals surface area contributed by atoms with E-state index in [1.54, 1.807) is 0 Å². The molecule has 0 bridgehead atoms. The van der Waals surface area contributed by atoms with E-state index >= 15 is 0 Å². The molecule has 0 saturated heterocycles. The van der Waals surface area contributed by atoms with Crippen LogP contribution in [-0.2, 0) is 19.2 Å². The van der Waals surface area contributed by atoms with E-state index in [2.05, 4.69) is 0 Å². The molecule has 0 atom stereocenters. The number of hydrogen-bond donors (Lipinski definition) is 3. The zero-order chi connectivity index (χ0) is 11.4. The predicted octanol–water partition coefficient (Wildman–Crippen LogP) is -2.32. The molecule has 0 aromatic rings. The van der Waals surface area contributed by atoms with Gasteiger partial charge in [0, 0.05) is 18.2 Å². The largest absolute Gasteiger partial charge is 0.394 e. The highest BCUT2D eigenvalue weighted by atomic mass is 16.2. The molecule has 2 heterocycles. The Morgan fingerprint density at radius 2 is 1.40 bits per heavy atom. The maximum atomic E-state index is 10.3. The van der Waals surface area contributed by atoms with Crippen molar-refractivity contribution in [3.63, 3.8) is 0 Å². The number of carbonyl (C=O) groups is 4. The van der Waals surface area contributed by atoms with Crippen molar-refractivity contribution in [2.75, 3.05) is 0 Å². The van der Waals surface area contributed by atoms with Gasteiger partial charge in [-0.25, -0.2) is 0 Å². The first-order chi connectivity index (χ1) is 6.99. The van der Waals surface area contributed by atoms with Crippen LogP contribution in [0.25, 0.3) is 0 Å². The van der Waals surface area contributed by atoms with Crippen LogP contribution in [0.3, 0.4) is 0 Å². The third kappa shape index (κ3) is 3.07. The maximum absolute atomic E-state index is 10.3. The van der Waals surface area contributed by atoms with Gasteiger partial charge in [0.1, 0.15) is 5.70 Å². The quantitative estimate of drug-likeness (QED) is 0.387. The molecular weight excluding hydrogens is 202 g/mol. The predicted molar refractivity (Wildman–Crippen MR) is 47.7 cm³/mol. The van der Waals surface area contributed by atoms with E-state index in [0.717, 1.165) is 6.08 Å². The van der Waals surface area contributed by atoms with Crippen molar-refractivity contribution in [1.82, 2.24) is 10.6 Å². The molecule has 0 fully saturated rings. The Morgan fingerprint density at radius 3 is 1.53 bits per heavy atom. The summed E-state index contributed by atoms with van der Waals surface area (Å²) in [4.78, 5) is 40.5. The first-order valence-corrected chi connectivity index (χ1v) is 3.84. The molecule has 15 heavy (non-hydrogen) atoms. The van der Waals surface area contributed by atoms with E-state index in [9.17, 15) is 19.2 Å². The Balaban J connectivity index is 0.000000151. The minimum atomic E-state index is -0.505. The molecule has 0 unspecified atom stereocenters. The van der Waals surface area contributed by atoms with Crippen molar-refractivity contribution < 1.29 is 19.2 Å². The van der Waals surface area contributed by atoms with Gasteiger partial charge >= 0.3 is 0 Å². The summed E-state index contributed by atoms with van der Waals surface area (Å²) in [6.45, 7) is 0. The summed E-state index contributed by atoms with van der Waals surface area (Å²) < 4.78 is 0. The second-order valence-electron chi connectivity index (χ2n) is 2.60. The van der Waals surface area contributed by atoms with Crippen molar-refractivity contribution in [1.29, 1.82) is 0 Å². The zero-order valence-electron chi connectivity index (χ0n) is 7.44. The van der Waals surface area contributed by atoms with Crippen LogP contribution in [0.1, 0.15) is 0 Å². The second kappa shape index (κ2) is 4.18. The van der Waals surface area contributed by atoms with Crippen LogP contribution < -0.4 is 16.4 Å². The van der Waals surface area contributed by atoms with Crippen LogP contribution in [0.4, 0.5) is 0 Å².